The van der Waals surface area contributed by atoms with Crippen molar-refractivity contribution >= 4 is 17.5 Å². The molecule has 1 aliphatic rings. The minimum Gasteiger partial charge on any atom is -0.342 e. The maximum atomic E-state index is 12.6. The molecule has 2 heterocycles. The van der Waals surface area contributed by atoms with Crippen molar-refractivity contribution in [2.45, 2.75) is 38.5 Å². The third-order valence-corrected chi connectivity index (χ3v) is 4.96. The van der Waals surface area contributed by atoms with Gasteiger partial charge >= 0.3 is 0 Å². The number of imidazole rings is 1. The Hall–Kier alpha value is -1.81. The summed E-state index contributed by atoms with van der Waals surface area (Å²) in [5, 5.41) is 0.731. The first-order valence-electron chi connectivity index (χ1n) is 8.55. The van der Waals surface area contributed by atoms with Gasteiger partial charge in [-0.05, 0) is 43.9 Å². The van der Waals surface area contributed by atoms with E-state index in [1.54, 1.807) is 0 Å². The number of hydrogen-bond donors (Lipinski definition) is 0. The van der Waals surface area contributed by atoms with Gasteiger partial charge in [-0.1, -0.05) is 23.7 Å². The molecule has 3 rings (SSSR count). The fraction of sp³-hybridized carbons (Fsp3) is 0.474. The third kappa shape index (κ3) is 3.99. The van der Waals surface area contributed by atoms with Crippen LogP contribution in [0.1, 0.15) is 42.3 Å². The number of benzene rings is 1. The van der Waals surface area contributed by atoms with Crippen LogP contribution in [0.25, 0.3) is 0 Å². The second-order valence-corrected chi connectivity index (χ2v) is 7.09. The molecule has 24 heavy (non-hydrogen) atoms. The van der Waals surface area contributed by atoms with Gasteiger partial charge in [-0.25, -0.2) is 4.98 Å². The Balaban J connectivity index is 1.58. The highest BCUT2D eigenvalue weighted by Gasteiger charge is 2.27. The molecular formula is C19H24ClN3O. The van der Waals surface area contributed by atoms with E-state index >= 15 is 0 Å². The summed E-state index contributed by atoms with van der Waals surface area (Å²) in [4.78, 5) is 19.2. The average Bonchev–Trinajstić information content (AvgIpc) is 2.92. The minimum atomic E-state index is 0.237. The highest BCUT2D eigenvalue weighted by Crippen LogP contribution is 2.26. The summed E-state index contributed by atoms with van der Waals surface area (Å²) in [5.41, 5.74) is 2.19. The lowest BCUT2D eigenvalue weighted by atomic mass is 9.96. The molecule has 0 radical (unpaired) electrons. The van der Waals surface area contributed by atoms with Gasteiger partial charge in [0.2, 0.25) is 5.91 Å². The van der Waals surface area contributed by atoms with E-state index in [-0.39, 0.29) is 5.91 Å². The lowest BCUT2D eigenvalue weighted by molar-refractivity contribution is -0.132. The van der Waals surface area contributed by atoms with Crippen molar-refractivity contribution in [1.82, 2.24) is 14.5 Å². The first-order chi connectivity index (χ1) is 11.5. The molecule has 0 saturated carbocycles. The van der Waals surface area contributed by atoms with Gasteiger partial charge < -0.3 is 9.47 Å². The number of piperidine rings is 1. The van der Waals surface area contributed by atoms with Crippen molar-refractivity contribution in [3.8, 4) is 0 Å². The highest BCUT2D eigenvalue weighted by molar-refractivity contribution is 6.30. The molecule has 1 aromatic carbocycles. The molecule has 0 unspecified atom stereocenters. The Morgan fingerprint density at radius 2 is 2.08 bits per heavy atom. The van der Waals surface area contributed by atoms with E-state index in [4.69, 9.17) is 11.6 Å². The van der Waals surface area contributed by atoms with E-state index < -0.39 is 0 Å². The van der Waals surface area contributed by atoms with Gasteiger partial charge in [0.05, 0.1) is 5.69 Å². The maximum Gasteiger partial charge on any atom is 0.222 e. The molecule has 1 fully saturated rings. The van der Waals surface area contributed by atoms with Crippen LogP contribution in [0.5, 0.6) is 0 Å². The molecule has 0 N–H and O–H groups in total. The van der Waals surface area contributed by atoms with Crippen LogP contribution in [0.4, 0.5) is 0 Å². The van der Waals surface area contributed by atoms with Crippen molar-refractivity contribution in [2.75, 3.05) is 13.1 Å². The van der Waals surface area contributed by atoms with Crippen LogP contribution in [-0.4, -0.2) is 33.4 Å². The van der Waals surface area contributed by atoms with E-state index in [1.807, 2.05) is 43.1 Å². The maximum absolute atomic E-state index is 12.6. The van der Waals surface area contributed by atoms with Crippen molar-refractivity contribution in [1.29, 1.82) is 0 Å². The number of halogens is 1. The predicted octanol–water partition coefficient (Wildman–Crippen LogP) is 3.72. The van der Waals surface area contributed by atoms with Crippen LogP contribution in [0.3, 0.4) is 0 Å². The van der Waals surface area contributed by atoms with Gasteiger partial charge in [0, 0.05) is 43.7 Å². The van der Waals surface area contributed by atoms with Crippen LogP contribution in [0.2, 0.25) is 5.02 Å². The summed E-state index contributed by atoms with van der Waals surface area (Å²) >= 11 is 5.90. The molecule has 1 aliphatic heterocycles. The van der Waals surface area contributed by atoms with Gasteiger partial charge in [-0.3, -0.25) is 4.79 Å². The largest absolute Gasteiger partial charge is 0.342 e. The number of hydrogen-bond acceptors (Lipinski definition) is 2. The molecule has 0 aliphatic carbocycles. The second kappa shape index (κ2) is 7.39. The van der Waals surface area contributed by atoms with E-state index in [2.05, 4.69) is 15.7 Å². The zero-order valence-electron chi connectivity index (χ0n) is 14.3. The van der Waals surface area contributed by atoms with Crippen LogP contribution in [-0.2, 0) is 18.3 Å². The fourth-order valence-electron chi connectivity index (χ4n) is 3.49. The van der Waals surface area contributed by atoms with Gasteiger partial charge in [0.25, 0.3) is 0 Å². The summed E-state index contributed by atoms with van der Waals surface area (Å²) in [5.74, 6) is 1.68. The summed E-state index contributed by atoms with van der Waals surface area (Å²) in [6.07, 6.45) is 5.51. The van der Waals surface area contributed by atoms with E-state index in [0.717, 1.165) is 54.5 Å². The van der Waals surface area contributed by atoms with Crippen molar-refractivity contribution < 1.29 is 4.79 Å². The molecule has 1 saturated heterocycles. The SMILES string of the molecule is Cc1cn(C)c([C@H]2CCCN(C(=O)CCc3ccc(Cl)cc3)C2)n1. The molecule has 2 aromatic rings. The first-order valence-corrected chi connectivity index (χ1v) is 8.93. The molecule has 0 bridgehead atoms. The quantitative estimate of drug-likeness (QED) is 0.847. The van der Waals surface area contributed by atoms with E-state index in [9.17, 15) is 4.79 Å². The summed E-state index contributed by atoms with van der Waals surface area (Å²) in [6.45, 7) is 3.66. The lowest BCUT2D eigenvalue weighted by Gasteiger charge is -2.32. The number of aromatic nitrogens is 2. The standard InChI is InChI=1S/C19H24ClN3O/c1-14-12-22(2)19(21-14)16-4-3-11-23(13-16)18(24)10-7-15-5-8-17(20)9-6-15/h5-6,8-9,12,16H,3-4,7,10-11,13H2,1-2H3/t16-/m0/s1. The fourth-order valence-corrected chi connectivity index (χ4v) is 3.61. The highest BCUT2D eigenvalue weighted by atomic mass is 35.5. The molecule has 1 aromatic heterocycles. The molecular weight excluding hydrogens is 322 g/mol. The zero-order chi connectivity index (χ0) is 17.1. The third-order valence-electron chi connectivity index (χ3n) is 4.71. The lowest BCUT2D eigenvalue weighted by Crippen LogP contribution is -2.39. The molecule has 128 valence electrons. The number of carbonyl (C=O) groups is 1. The molecule has 1 amide bonds. The van der Waals surface area contributed by atoms with Crippen LogP contribution < -0.4 is 0 Å². The monoisotopic (exact) mass is 345 g/mol. The number of likely N-dealkylation sites (tertiary alicyclic amines) is 1. The molecule has 1 atom stereocenters. The Morgan fingerprint density at radius 3 is 2.75 bits per heavy atom. The normalized spacial score (nSPS) is 18.0. The summed E-state index contributed by atoms with van der Waals surface area (Å²) < 4.78 is 2.10. The van der Waals surface area contributed by atoms with Gasteiger partial charge in [0.1, 0.15) is 5.82 Å². The van der Waals surface area contributed by atoms with Crippen LogP contribution >= 0.6 is 11.6 Å². The number of amides is 1. The Labute approximate surface area is 148 Å². The minimum absolute atomic E-state index is 0.237. The Morgan fingerprint density at radius 1 is 1.33 bits per heavy atom. The topological polar surface area (TPSA) is 38.1 Å². The smallest absolute Gasteiger partial charge is 0.222 e. The van der Waals surface area contributed by atoms with Crippen molar-refractivity contribution in [3.63, 3.8) is 0 Å². The number of nitrogens with zero attached hydrogens (tertiary/aromatic N) is 3. The average molecular weight is 346 g/mol. The summed E-state index contributed by atoms with van der Waals surface area (Å²) in [6, 6.07) is 7.74. The number of aryl methyl sites for hydroxylation is 3. The van der Waals surface area contributed by atoms with E-state index in [1.165, 1.54) is 0 Å². The van der Waals surface area contributed by atoms with Crippen molar-refractivity contribution in [2.24, 2.45) is 7.05 Å². The molecule has 5 heteroatoms. The van der Waals surface area contributed by atoms with Crippen LogP contribution in [0.15, 0.2) is 30.5 Å². The van der Waals surface area contributed by atoms with E-state index in [0.29, 0.717) is 12.3 Å². The predicted molar refractivity (Wildman–Crippen MR) is 96.3 cm³/mol. The van der Waals surface area contributed by atoms with Gasteiger partial charge in [-0.15, -0.1) is 0 Å². The molecule has 0 spiro atoms. The first kappa shape index (κ1) is 17.0. The zero-order valence-corrected chi connectivity index (χ0v) is 15.1. The van der Waals surface area contributed by atoms with Crippen molar-refractivity contribution in [3.05, 3.63) is 52.6 Å². The van der Waals surface area contributed by atoms with Gasteiger partial charge in [-0.2, -0.15) is 0 Å². The Bertz CT molecular complexity index is 708. The molecule has 4 nitrogen and oxygen atoms in total. The number of carbonyl (C=O) groups excluding carboxylic acids is 1. The second-order valence-electron chi connectivity index (χ2n) is 6.66. The van der Waals surface area contributed by atoms with Crippen LogP contribution in [0, 0.1) is 6.92 Å². The summed E-state index contributed by atoms with van der Waals surface area (Å²) in [7, 11) is 2.04. The Kier molecular flexibility index (Phi) is 5.24. The number of rotatable bonds is 4. The van der Waals surface area contributed by atoms with Gasteiger partial charge in [0.15, 0.2) is 0 Å².